The zero-order valence-electron chi connectivity index (χ0n) is 19.8. The largest absolute Gasteiger partial charge is 0.497 e. The van der Waals surface area contributed by atoms with Gasteiger partial charge in [0.15, 0.2) is 0 Å². The lowest BCUT2D eigenvalue weighted by Crippen LogP contribution is -2.49. The number of rotatable bonds is 5. The first-order chi connectivity index (χ1) is 16.6. The number of benzene rings is 2. The van der Waals surface area contributed by atoms with Crippen LogP contribution in [-0.2, 0) is 0 Å². The topological polar surface area (TPSA) is 62.6 Å². The minimum Gasteiger partial charge on any atom is -0.497 e. The molecule has 2 fully saturated rings. The Morgan fingerprint density at radius 1 is 1.03 bits per heavy atom. The van der Waals surface area contributed by atoms with Gasteiger partial charge in [-0.2, -0.15) is 5.10 Å². The van der Waals surface area contributed by atoms with Gasteiger partial charge >= 0.3 is 0 Å². The van der Waals surface area contributed by atoms with Crippen molar-refractivity contribution >= 4 is 24.0 Å². The lowest BCUT2D eigenvalue weighted by molar-refractivity contribution is 0.0744. The number of piperidine rings is 1. The van der Waals surface area contributed by atoms with Crippen molar-refractivity contribution < 1.29 is 13.9 Å². The fourth-order valence-electron chi connectivity index (χ4n) is 4.96. The number of anilines is 1. The van der Waals surface area contributed by atoms with E-state index in [1.165, 1.54) is 12.1 Å². The molecule has 5 rings (SSSR count). The summed E-state index contributed by atoms with van der Waals surface area (Å²) in [5.41, 5.74) is 3.31. The third-order valence-corrected chi connectivity index (χ3v) is 6.82. The number of hydrogen-bond donors (Lipinski definition) is 1. The highest BCUT2D eigenvalue weighted by molar-refractivity contribution is 5.95. The van der Waals surface area contributed by atoms with E-state index in [2.05, 4.69) is 27.4 Å². The summed E-state index contributed by atoms with van der Waals surface area (Å²) in [7, 11) is 1.66. The number of carbonyl (C=O) groups is 1. The third kappa shape index (κ3) is 5.28. The van der Waals surface area contributed by atoms with E-state index >= 15 is 0 Å². The Bertz CT molecular complexity index is 1140. The van der Waals surface area contributed by atoms with Gasteiger partial charge in [-0.1, -0.05) is 6.07 Å². The minimum atomic E-state index is -0.313. The molecular formula is C26H31ClFN5O2. The maximum absolute atomic E-state index is 14.0. The summed E-state index contributed by atoms with van der Waals surface area (Å²) < 4.78 is 21.0. The summed E-state index contributed by atoms with van der Waals surface area (Å²) in [6.07, 6.45) is 3.51. The SMILES string of the molecule is COc1ccc(N2CCN(C(=O)c3cnn(-c4cccc(F)c4)c3C3CCNCC3)CC2)cc1.Cl. The molecule has 7 nitrogen and oxygen atoms in total. The standard InChI is InChI=1S/C26H30FN5O2.ClH/c1-34-23-7-5-21(6-8-23)30-13-15-31(16-14-30)26(33)24-18-29-32(22-4-2-3-20(27)17-22)25(24)19-9-11-28-12-10-19;/h2-8,17-19,28H,9-16H2,1H3;1H. The molecule has 0 aliphatic carbocycles. The van der Waals surface area contributed by atoms with E-state index in [-0.39, 0.29) is 30.0 Å². The second-order valence-electron chi connectivity index (χ2n) is 8.84. The molecule has 1 N–H and O–H groups in total. The number of piperazine rings is 1. The number of carbonyl (C=O) groups excluding carboxylic acids is 1. The molecule has 0 spiro atoms. The van der Waals surface area contributed by atoms with Gasteiger partial charge in [0.25, 0.3) is 5.91 Å². The monoisotopic (exact) mass is 499 g/mol. The Kier molecular flexibility index (Phi) is 7.93. The second-order valence-corrected chi connectivity index (χ2v) is 8.84. The molecule has 0 bridgehead atoms. The minimum absolute atomic E-state index is 0. The van der Waals surface area contributed by atoms with Crippen molar-refractivity contribution in [1.29, 1.82) is 0 Å². The Labute approximate surface area is 211 Å². The van der Waals surface area contributed by atoms with E-state index in [0.717, 1.165) is 56.2 Å². The normalized spacial score (nSPS) is 16.6. The molecular weight excluding hydrogens is 469 g/mol. The molecule has 1 amide bonds. The molecule has 2 aliphatic rings. The highest BCUT2D eigenvalue weighted by Gasteiger charge is 2.30. The van der Waals surface area contributed by atoms with Crippen molar-refractivity contribution in [3.8, 4) is 11.4 Å². The van der Waals surface area contributed by atoms with Crippen LogP contribution in [0.4, 0.5) is 10.1 Å². The first kappa shape index (κ1) is 25.0. The van der Waals surface area contributed by atoms with E-state index in [1.54, 1.807) is 24.1 Å². The van der Waals surface area contributed by atoms with Crippen LogP contribution in [0, 0.1) is 5.82 Å². The van der Waals surface area contributed by atoms with Crippen molar-refractivity contribution in [2.75, 3.05) is 51.3 Å². The molecule has 2 saturated heterocycles. The number of nitrogens with zero attached hydrogens (tertiary/aromatic N) is 4. The summed E-state index contributed by atoms with van der Waals surface area (Å²) in [5.74, 6) is 0.724. The van der Waals surface area contributed by atoms with E-state index in [1.807, 2.05) is 23.1 Å². The van der Waals surface area contributed by atoms with E-state index < -0.39 is 0 Å². The molecule has 0 atom stereocenters. The molecule has 186 valence electrons. The molecule has 9 heteroatoms. The molecule has 0 radical (unpaired) electrons. The van der Waals surface area contributed by atoms with Gasteiger partial charge in [0.05, 0.1) is 30.3 Å². The fraction of sp³-hybridized carbons (Fsp3) is 0.385. The Balaban J connectivity index is 0.00000289. The van der Waals surface area contributed by atoms with Gasteiger partial charge in [-0.05, 0) is 68.4 Å². The van der Waals surface area contributed by atoms with Crippen molar-refractivity contribution in [3.05, 3.63) is 71.8 Å². The van der Waals surface area contributed by atoms with Crippen LogP contribution in [0.3, 0.4) is 0 Å². The molecule has 2 aliphatic heterocycles. The summed E-state index contributed by atoms with van der Waals surface area (Å²) in [4.78, 5) is 17.8. The van der Waals surface area contributed by atoms with Crippen LogP contribution in [-0.4, -0.2) is 67.0 Å². The van der Waals surface area contributed by atoms with Gasteiger partial charge in [0.2, 0.25) is 0 Å². The van der Waals surface area contributed by atoms with Crippen LogP contribution in [0.5, 0.6) is 5.75 Å². The number of hydrogen-bond acceptors (Lipinski definition) is 5. The van der Waals surface area contributed by atoms with E-state index in [0.29, 0.717) is 24.3 Å². The maximum atomic E-state index is 14.0. The number of aromatic nitrogens is 2. The van der Waals surface area contributed by atoms with Crippen LogP contribution in [0.1, 0.15) is 34.8 Å². The number of ether oxygens (including phenoxy) is 1. The first-order valence-electron chi connectivity index (χ1n) is 11.9. The Morgan fingerprint density at radius 2 is 1.74 bits per heavy atom. The van der Waals surface area contributed by atoms with Crippen LogP contribution in [0.2, 0.25) is 0 Å². The van der Waals surface area contributed by atoms with Gasteiger partial charge in [0, 0.05) is 37.8 Å². The lowest BCUT2D eigenvalue weighted by Gasteiger charge is -2.36. The number of halogens is 2. The molecule has 3 heterocycles. The quantitative estimate of drug-likeness (QED) is 0.577. The predicted octanol–water partition coefficient (Wildman–Crippen LogP) is 3.87. The molecule has 2 aromatic carbocycles. The molecule has 1 aromatic heterocycles. The molecule has 3 aromatic rings. The van der Waals surface area contributed by atoms with Gasteiger partial charge in [0.1, 0.15) is 11.6 Å². The third-order valence-electron chi connectivity index (χ3n) is 6.82. The molecule has 35 heavy (non-hydrogen) atoms. The zero-order valence-corrected chi connectivity index (χ0v) is 20.6. The van der Waals surface area contributed by atoms with Gasteiger partial charge in [-0.3, -0.25) is 4.79 Å². The van der Waals surface area contributed by atoms with Crippen molar-refractivity contribution in [1.82, 2.24) is 20.0 Å². The smallest absolute Gasteiger partial charge is 0.257 e. The summed E-state index contributed by atoms with van der Waals surface area (Å²) in [5, 5.41) is 7.94. The van der Waals surface area contributed by atoms with Crippen LogP contribution in [0.15, 0.2) is 54.7 Å². The molecule has 0 saturated carbocycles. The lowest BCUT2D eigenvalue weighted by atomic mass is 9.91. The summed E-state index contributed by atoms with van der Waals surface area (Å²) >= 11 is 0. The molecule has 0 unspecified atom stereocenters. The number of amides is 1. The maximum Gasteiger partial charge on any atom is 0.257 e. The summed E-state index contributed by atoms with van der Waals surface area (Å²) in [6, 6.07) is 14.4. The van der Waals surface area contributed by atoms with Crippen LogP contribution >= 0.6 is 12.4 Å². The first-order valence-corrected chi connectivity index (χ1v) is 11.9. The average molecular weight is 500 g/mol. The van der Waals surface area contributed by atoms with Gasteiger partial charge in [-0.15, -0.1) is 12.4 Å². The Morgan fingerprint density at radius 3 is 2.40 bits per heavy atom. The van der Waals surface area contributed by atoms with Crippen molar-refractivity contribution in [2.24, 2.45) is 0 Å². The Hall–Kier alpha value is -3.10. The van der Waals surface area contributed by atoms with Crippen molar-refractivity contribution in [2.45, 2.75) is 18.8 Å². The van der Waals surface area contributed by atoms with E-state index in [9.17, 15) is 9.18 Å². The summed E-state index contributed by atoms with van der Waals surface area (Å²) in [6.45, 7) is 4.60. The van der Waals surface area contributed by atoms with Crippen LogP contribution in [0.25, 0.3) is 5.69 Å². The highest BCUT2D eigenvalue weighted by atomic mass is 35.5. The van der Waals surface area contributed by atoms with Crippen molar-refractivity contribution in [3.63, 3.8) is 0 Å². The second kappa shape index (κ2) is 11.1. The average Bonchev–Trinajstić information content (AvgIpc) is 3.34. The number of nitrogens with one attached hydrogen (secondary N) is 1. The van der Waals surface area contributed by atoms with Gasteiger partial charge < -0.3 is 19.9 Å². The van der Waals surface area contributed by atoms with Crippen LogP contribution < -0.4 is 15.0 Å². The fourth-order valence-corrected chi connectivity index (χ4v) is 4.96. The number of methoxy groups -OCH3 is 1. The highest BCUT2D eigenvalue weighted by Crippen LogP contribution is 2.31. The zero-order chi connectivity index (χ0) is 23.5. The van der Waals surface area contributed by atoms with E-state index in [4.69, 9.17) is 4.74 Å². The van der Waals surface area contributed by atoms with Gasteiger partial charge in [-0.25, -0.2) is 9.07 Å². The predicted molar refractivity (Wildman–Crippen MR) is 137 cm³/mol.